The van der Waals surface area contributed by atoms with Crippen LogP contribution in [-0.2, 0) is 5.75 Å². The van der Waals surface area contributed by atoms with Gasteiger partial charge in [-0.2, -0.15) is 0 Å². The normalized spacial score (nSPS) is 10.9. The lowest BCUT2D eigenvalue weighted by molar-refractivity contribution is 0.340. The van der Waals surface area contributed by atoms with Crippen LogP contribution in [0.25, 0.3) is 16.4 Å². The van der Waals surface area contributed by atoms with E-state index in [1.54, 1.807) is 23.5 Å². The summed E-state index contributed by atoms with van der Waals surface area (Å²) in [6, 6.07) is 18.5. The predicted molar refractivity (Wildman–Crippen MR) is 112 cm³/mol. The van der Waals surface area contributed by atoms with Gasteiger partial charge in [0.25, 0.3) is 0 Å². The Balaban J connectivity index is 1.68. The minimum absolute atomic E-state index is 0.231. The van der Waals surface area contributed by atoms with Crippen LogP contribution in [0.5, 0.6) is 5.75 Å². The van der Waals surface area contributed by atoms with Gasteiger partial charge in [0.15, 0.2) is 11.0 Å². The lowest BCUT2D eigenvalue weighted by atomic mass is 10.2. The lowest BCUT2D eigenvalue weighted by Gasteiger charge is -2.11. The van der Waals surface area contributed by atoms with Crippen molar-refractivity contribution in [2.45, 2.75) is 17.8 Å². The van der Waals surface area contributed by atoms with Crippen molar-refractivity contribution in [2.24, 2.45) is 0 Å². The van der Waals surface area contributed by atoms with E-state index in [4.69, 9.17) is 4.74 Å². The number of hydrogen-bond acceptors (Lipinski definition) is 5. The van der Waals surface area contributed by atoms with Crippen LogP contribution in [0.1, 0.15) is 12.5 Å². The van der Waals surface area contributed by atoms with Gasteiger partial charge in [-0.15, -0.1) is 21.5 Å². The molecule has 0 bridgehead atoms. The number of rotatable bonds is 7. The van der Waals surface area contributed by atoms with E-state index in [1.165, 1.54) is 17.8 Å². The highest BCUT2D eigenvalue weighted by molar-refractivity contribution is 7.98. The van der Waals surface area contributed by atoms with E-state index in [0.29, 0.717) is 12.4 Å². The van der Waals surface area contributed by atoms with Crippen LogP contribution in [0.15, 0.2) is 71.2 Å². The molecule has 0 radical (unpaired) electrons. The minimum Gasteiger partial charge on any atom is -0.494 e. The number of thioether (sulfide) groups is 1. The summed E-state index contributed by atoms with van der Waals surface area (Å²) in [4.78, 5) is 1.04. The van der Waals surface area contributed by atoms with Gasteiger partial charge in [-0.1, -0.05) is 30.0 Å². The molecular weight excluding hydrogens is 393 g/mol. The molecule has 2 heterocycles. The fraction of sp³-hybridized carbons (Fsp3) is 0.143. The van der Waals surface area contributed by atoms with Gasteiger partial charge in [0, 0.05) is 5.75 Å². The number of aromatic nitrogens is 3. The zero-order valence-electron chi connectivity index (χ0n) is 15.2. The van der Waals surface area contributed by atoms with Gasteiger partial charge in [-0.05, 0) is 60.3 Å². The molecule has 0 aliphatic carbocycles. The van der Waals surface area contributed by atoms with E-state index in [0.717, 1.165) is 32.9 Å². The number of thiophene rings is 1. The number of benzene rings is 2. The molecule has 4 aromatic rings. The molecular formula is C21H18FN3OS2. The summed E-state index contributed by atoms with van der Waals surface area (Å²) >= 11 is 3.15. The minimum atomic E-state index is -0.231. The average molecular weight is 412 g/mol. The molecule has 0 saturated carbocycles. The quantitative estimate of drug-likeness (QED) is 0.359. The Morgan fingerprint density at radius 1 is 1.07 bits per heavy atom. The summed E-state index contributed by atoms with van der Waals surface area (Å²) in [7, 11) is 0. The summed E-state index contributed by atoms with van der Waals surface area (Å²) in [6.45, 7) is 2.59. The molecule has 2 aromatic carbocycles. The van der Waals surface area contributed by atoms with Crippen LogP contribution >= 0.6 is 23.1 Å². The molecule has 0 N–H and O–H groups in total. The molecule has 0 saturated heterocycles. The van der Waals surface area contributed by atoms with E-state index >= 15 is 0 Å². The molecule has 4 rings (SSSR count). The fourth-order valence-electron chi connectivity index (χ4n) is 2.79. The van der Waals surface area contributed by atoms with Gasteiger partial charge in [0.05, 0.1) is 17.2 Å². The topological polar surface area (TPSA) is 39.9 Å². The van der Waals surface area contributed by atoms with Crippen molar-refractivity contribution in [3.05, 3.63) is 77.4 Å². The van der Waals surface area contributed by atoms with E-state index < -0.39 is 0 Å². The standard InChI is InChI=1S/C21H18FN3OS2/c1-2-26-18-10-8-17(9-11-18)25-20(19-7-4-12-27-19)23-24-21(25)28-14-15-5-3-6-16(22)13-15/h3-13H,2,14H2,1H3. The van der Waals surface area contributed by atoms with Gasteiger partial charge in [0.2, 0.25) is 0 Å². The third-order valence-corrected chi connectivity index (χ3v) is 5.90. The maximum absolute atomic E-state index is 13.5. The summed E-state index contributed by atoms with van der Waals surface area (Å²) < 4.78 is 21.1. The highest BCUT2D eigenvalue weighted by atomic mass is 32.2. The molecule has 0 atom stereocenters. The highest BCUT2D eigenvalue weighted by Gasteiger charge is 2.17. The second kappa shape index (κ2) is 8.58. The molecule has 7 heteroatoms. The van der Waals surface area contributed by atoms with Crippen molar-refractivity contribution in [2.75, 3.05) is 6.61 Å². The predicted octanol–water partition coefficient (Wildman–Crippen LogP) is 5.83. The SMILES string of the molecule is CCOc1ccc(-n2c(SCc3cccc(F)c3)nnc2-c2cccs2)cc1. The molecule has 0 fully saturated rings. The van der Waals surface area contributed by atoms with Crippen LogP contribution in [0.3, 0.4) is 0 Å². The number of ether oxygens (including phenoxy) is 1. The molecule has 142 valence electrons. The monoisotopic (exact) mass is 411 g/mol. The second-order valence-corrected chi connectivity index (χ2v) is 7.85. The average Bonchev–Trinajstić information content (AvgIpc) is 3.37. The van der Waals surface area contributed by atoms with Crippen molar-refractivity contribution in [1.29, 1.82) is 0 Å². The van der Waals surface area contributed by atoms with Crippen LogP contribution < -0.4 is 4.74 Å². The Labute approximate surface area is 171 Å². The number of nitrogens with zero attached hydrogens (tertiary/aromatic N) is 3. The summed E-state index contributed by atoms with van der Waals surface area (Å²) in [5.74, 6) is 1.99. The smallest absolute Gasteiger partial charge is 0.196 e. The summed E-state index contributed by atoms with van der Waals surface area (Å²) in [5.41, 5.74) is 1.86. The Kier molecular flexibility index (Phi) is 5.73. The summed E-state index contributed by atoms with van der Waals surface area (Å²) in [6.07, 6.45) is 0. The van der Waals surface area contributed by atoms with Crippen molar-refractivity contribution in [3.8, 4) is 22.1 Å². The molecule has 0 aliphatic rings. The zero-order chi connectivity index (χ0) is 19.3. The van der Waals surface area contributed by atoms with E-state index in [9.17, 15) is 4.39 Å². The fourth-order valence-corrected chi connectivity index (χ4v) is 4.39. The largest absolute Gasteiger partial charge is 0.494 e. The third-order valence-electron chi connectivity index (χ3n) is 4.04. The summed E-state index contributed by atoms with van der Waals surface area (Å²) in [5, 5.41) is 11.6. The first-order valence-electron chi connectivity index (χ1n) is 8.84. The van der Waals surface area contributed by atoms with Crippen molar-refractivity contribution in [3.63, 3.8) is 0 Å². The Morgan fingerprint density at radius 3 is 2.64 bits per heavy atom. The van der Waals surface area contributed by atoms with Crippen LogP contribution in [0.4, 0.5) is 4.39 Å². The maximum atomic E-state index is 13.5. The molecule has 2 aromatic heterocycles. The molecule has 0 aliphatic heterocycles. The number of hydrogen-bond donors (Lipinski definition) is 0. The Hall–Kier alpha value is -2.64. The second-order valence-electron chi connectivity index (χ2n) is 5.96. The number of halogens is 1. The van der Waals surface area contributed by atoms with Gasteiger partial charge in [0.1, 0.15) is 11.6 Å². The first-order valence-corrected chi connectivity index (χ1v) is 10.7. The first kappa shape index (κ1) is 18.7. The van der Waals surface area contributed by atoms with Crippen molar-refractivity contribution < 1.29 is 9.13 Å². The van der Waals surface area contributed by atoms with Crippen molar-refractivity contribution >= 4 is 23.1 Å². The van der Waals surface area contributed by atoms with E-state index in [-0.39, 0.29) is 5.82 Å². The van der Waals surface area contributed by atoms with Gasteiger partial charge < -0.3 is 4.74 Å². The van der Waals surface area contributed by atoms with Crippen LogP contribution in [0, 0.1) is 5.82 Å². The van der Waals surface area contributed by atoms with E-state index in [1.807, 2.05) is 59.3 Å². The van der Waals surface area contributed by atoms with Crippen LogP contribution in [0.2, 0.25) is 0 Å². The molecule has 0 amide bonds. The van der Waals surface area contributed by atoms with Gasteiger partial charge >= 0.3 is 0 Å². The molecule has 4 nitrogen and oxygen atoms in total. The van der Waals surface area contributed by atoms with Crippen LogP contribution in [-0.4, -0.2) is 21.4 Å². The lowest BCUT2D eigenvalue weighted by Crippen LogP contribution is -2.00. The Bertz CT molecular complexity index is 1050. The van der Waals surface area contributed by atoms with Crippen molar-refractivity contribution in [1.82, 2.24) is 14.8 Å². The highest BCUT2D eigenvalue weighted by Crippen LogP contribution is 2.32. The van der Waals surface area contributed by atoms with E-state index in [2.05, 4.69) is 10.2 Å². The van der Waals surface area contributed by atoms with Gasteiger partial charge in [-0.3, -0.25) is 4.57 Å². The molecule has 0 unspecified atom stereocenters. The van der Waals surface area contributed by atoms with Gasteiger partial charge in [-0.25, -0.2) is 4.39 Å². The zero-order valence-corrected chi connectivity index (χ0v) is 16.8. The maximum Gasteiger partial charge on any atom is 0.196 e. The molecule has 28 heavy (non-hydrogen) atoms. The Morgan fingerprint density at radius 2 is 1.93 bits per heavy atom. The first-order chi connectivity index (χ1) is 13.7. The molecule has 0 spiro atoms. The third kappa shape index (κ3) is 4.10.